The van der Waals surface area contributed by atoms with Crippen molar-refractivity contribution in [2.24, 2.45) is 5.73 Å². The molecule has 4 nitrogen and oxygen atoms in total. The number of hydrogen-bond donors (Lipinski definition) is 1. The maximum Gasteiger partial charge on any atom is 0.169 e. The molecular formula is C12H21BrN2O2. The fraction of sp³-hybridized carbons (Fsp3) is 0.667. The van der Waals surface area contributed by atoms with E-state index in [2.05, 4.69) is 27.8 Å². The van der Waals surface area contributed by atoms with Crippen molar-refractivity contribution < 1.29 is 9.15 Å². The quantitative estimate of drug-likeness (QED) is 0.749. The molecule has 1 unspecified atom stereocenters. The predicted octanol–water partition coefficient (Wildman–Crippen LogP) is 2.40. The number of nitrogens with two attached hydrogens (primary N) is 1. The van der Waals surface area contributed by atoms with Crippen molar-refractivity contribution in [3.05, 3.63) is 22.6 Å². The molecule has 98 valence electrons. The number of ether oxygens (including phenoxy) is 1. The Morgan fingerprint density at radius 2 is 2.24 bits per heavy atom. The van der Waals surface area contributed by atoms with Gasteiger partial charge in [-0.05, 0) is 41.5 Å². The number of nitrogens with zero attached hydrogens (tertiary/aromatic N) is 1. The van der Waals surface area contributed by atoms with Crippen LogP contribution < -0.4 is 5.73 Å². The lowest BCUT2D eigenvalue weighted by atomic mass is 10.2. The molecule has 1 aromatic heterocycles. The van der Waals surface area contributed by atoms with Crippen LogP contribution in [-0.2, 0) is 4.74 Å². The van der Waals surface area contributed by atoms with Gasteiger partial charge in [0.25, 0.3) is 0 Å². The molecule has 0 radical (unpaired) electrons. The molecule has 5 heteroatoms. The molecule has 0 aromatic carbocycles. The third kappa shape index (κ3) is 4.43. The van der Waals surface area contributed by atoms with Crippen molar-refractivity contribution in [1.29, 1.82) is 0 Å². The minimum Gasteiger partial charge on any atom is -0.453 e. The molecule has 1 heterocycles. The molecule has 0 saturated heterocycles. The molecule has 1 rings (SSSR count). The second kappa shape index (κ2) is 7.87. The van der Waals surface area contributed by atoms with Crippen LogP contribution >= 0.6 is 15.9 Å². The van der Waals surface area contributed by atoms with Crippen LogP contribution in [0.5, 0.6) is 0 Å². The zero-order chi connectivity index (χ0) is 12.7. The maximum atomic E-state index is 5.84. The summed E-state index contributed by atoms with van der Waals surface area (Å²) in [7, 11) is 0. The Hall–Kier alpha value is -0.360. The number of furan rings is 1. The van der Waals surface area contributed by atoms with Gasteiger partial charge >= 0.3 is 0 Å². The normalized spacial score (nSPS) is 13.2. The van der Waals surface area contributed by atoms with E-state index in [1.165, 1.54) is 0 Å². The summed E-state index contributed by atoms with van der Waals surface area (Å²) in [6.07, 6.45) is 0. The Labute approximate surface area is 111 Å². The molecule has 0 spiro atoms. The molecule has 2 N–H and O–H groups in total. The first-order valence-electron chi connectivity index (χ1n) is 6.00. The van der Waals surface area contributed by atoms with Crippen LogP contribution in [0, 0.1) is 0 Å². The summed E-state index contributed by atoms with van der Waals surface area (Å²) >= 11 is 3.31. The van der Waals surface area contributed by atoms with Crippen LogP contribution in [0.15, 0.2) is 21.2 Å². The van der Waals surface area contributed by atoms with Crippen LogP contribution in [0.25, 0.3) is 0 Å². The van der Waals surface area contributed by atoms with E-state index in [9.17, 15) is 0 Å². The van der Waals surface area contributed by atoms with Gasteiger partial charge in [-0.3, -0.25) is 4.90 Å². The monoisotopic (exact) mass is 304 g/mol. The van der Waals surface area contributed by atoms with E-state index >= 15 is 0 Å². The third-order valence-electron chi connectivity index (χ3n) is 2.72. The lowest BCUT2D eigenvalue weighted by molar-refractivity contribution is 0.0924. The van der Waals surface area contributed by atoms with Gasteiger partial charge in [0, 0.05) is 19.7 Å². The number of hydrogen-bond acceptors (Lipinski definition) is 4. The molecular weight excluding hydrogens is 284 g/mol. The fourth-order valence-electron chi connectivity index (χ4n) is 1.81. The zero-order valence-corrected chi connectivity index (χ0v) is 12.1. The molecule has 0 aliphatic carbocycles. The van der Waals surface area contributed by atoms with E-state index in [-0.39, 0.29) is 6.04 Å². The van der Waals surface area contributed by atoms with Crippen LogP contribution in [0.2, 0.25) is 0 Å². The smallest absolute Gasteiger partial charge is 0.169 e. The van der Waals surface area contributed by atoms with Gasteiger partial charge in [0.05, 0.1) is 12.6 Å². The van der Waals surface area contributed by atoms with Crippen molar-refractivity contribution in [2.45, 2.75) is 19.9 Å². The summed E-state index contributed by atoms with van der Waals surface area (Å²) in [5.74, 6) is 0.901. The summed E-state index contributed by atoms with van der Waals surface area (Å²) in [5, 5.41) is 0. The highest BCUT2D eigenvalue weighted by Crippen LogP contribution is 2.24. The summed E-state index contributed by atoms with van der Waals surface area (Å²) in [5.41, 5.74) is 5.84. The average Bonchev–Trinajstić information content (AvgIpc) is 2.75. The van der Waals surface area contributed by atoms with Gasteiger partial charge in [0.15, 0.2) is 4.67 Å². The lowest BCUT2D eigenvalue weighted by Gasteiger charge is -2.28. The Kier molecular flexibility index (Phi) is 6.80. The Bertz CT molecular complexity index is 317. The van der Waals surface area contributed by atoms with Crippen molar-refractivity contribution in [3.8, 4) is 0 Å². The van der Waals surface area contributed by atoms with E-state index in [1.54, 1.807) is 0 Å². The standard InChI is InChI=1S/C12H21BrN2O2/c1-3-15(7-8-16-4-2)10(9-14)11-5-6-12(13)17-11/h5-6,10H,3-4,7-9,14H2,1-2H3. The molecule has 1 atom stereocenters. The zero-order valence-electron chi connectivity index (χ0n) is 10.5. The SMILES string of the molecule is CCOCCN(CC)C(CN)c1ccc(Br)o1. The van der Waals surface area contributed by atoms with Crippen molar-refractivity contribution in [2.75, 3.05) is 32.8 Å². The predicted molar refractivity (Wildman–Crippen MR) is 71.9 cm³/mol. The molecule has 0 bridgehead atoms. The summed E-state index contributed by atoms with van der Waals surface area (Å²) < 4.78 is 11.7. The van der Waals surface area contributed by atoms with Gasteiger partial charge in [-0.25, -0.2) is 0 Å². The van der Waals surface area contributed by atoms with Crippen LogP contribution in [0.4, 0.5) is 0 Å². The van der Waals surface area contributed by atoms with Gasteiger partial charge < -0.3 is 14.9 Å². The largest absolute Gasteiger partial charge is 0.453 e. The summed E-state index contributed by atoms with van der Waals surface area (Å²) in [6, 6.07) is 3.98. The molecule has 0 aliphatic rings. The van der Waals surface area contributed by atoms with Gasteiger partial charge in [0.2, 0.25) is 0 Å². The minimum absolute atomic E-state index is 0.117. The average molecular weight is 305 g/mol. The van der Waals surface area contributed by atoms with Crippen molar-refractivity contribution in [1.82, 2.24) is 4.90 Å². The van der Waals surface area contributed by atoms with Crippen LogP contribution in [-0.4, -0.2) is 37.7 Å². The Morgan fingerprint density at radius 3 is 2.71 bits per heavy atom. The molecule has 1 aromatic rings. The number of halogens is 1. The Balaban J connectivity index is 2.62. The van der Waals surface area contributed by atoms with Gasteiger partial charge in [0.1, 0.15) is 5.76 Å². The highest BCUT2D eigenvalue weighted by molar-refractivity contribution is 9.10. The first-order valence-corrected chi connectivity index (χ1v) is 6.79. The van der Waals surface area contributed by atoms with Gasteiger partial charge in [-0.1, -0.05) is 6.92 Å². The first kappa shape index (κ1) is 14.7. The van der Waals surface area contributed by atoms with E-state index in [4.69, 9.17) is 14.9 Å². The topological polar surface area (TPSA) is 51.6 Å². The van der Waals surface area contributed by atoms with Crippen molar-refractivity contribution >= 4 is 15.9 Å². The third-order valence-corrected chi connectivity index (χ3v) is 3.15. The molecule has 0 amide bonds. The van der Waals surface area contributed by atoms with Crippen molar-refractivity contribution in [3.63, 3.8) is 0 Å². The summed E-state index contributed by atoms with van der Waals surface area (Å²) in [6.45, 7) is 7.92. The molecule has 0 fully saturated rings. The second-order valence-corrected chi connectivity index (χ2v) is 4.50. The minimum atomic E-state index is 0.117. The van der Waals surface area contributed by atoms with Crippen LogP contribution in [0.1, 0.15) is 25.6 Å². The van der Waals surface area contributed by atoms with Gasteiger partial charge in [-0.2, -0.15) is 0 Å². The molecule has 0 saturated carbocycles. The first-order chi connectivity index (χ1) is 8.22. The summed E-state index contributed by atoms with van der Waals surface area (Å²) in [4.78, 5) is 2.26. The van der Waals surface area contributed by atoms with Gasteiger partial charge in [-0.15, -0.1) is 0 Å². The second-order valence-electron chi connectivity index (χ2n) is 3.72. The highest BCUT2D eigenvalue weighted by Gasteiger charge is 2.20. The van der Waals surface area contributed by atoms with E-state index in [1.807, 2.05) is 19.1 Å². The number of likely N-dealkylation sites (N-methyl/N-ethyl adjacent to an activating group) is 1. The van der Waals surface area contributed by atoms with Crippen LogP contribution in [0.3, 0.4) is 0 Å². The lowest BCUT2D eigenvalue weighted by Crippen LogP contribution is -2.35. The van der Waals surface area contributed by atoms with E-state index in [0.717, 1.165) is 36.7 Å². The fourth-order valence-corrected chi connectivity index (χ4v) is 2.13. The Morgan fingerprint density at radius 1 is 1.47 bits per heavy atom. The van der Waals surface area contributed by atoms with E-state index < -0.39 is 0 Å². The van der Waals surface area contributed by atoms with E-state index in [0.29, 0.717) is 6.54 Å². The molecule has 17 heavy (non-hydrogen) atoms. The maximum absolute atomic E-state index is 5.84. The number of rotatable bonds is 8. The highest BCUT2D eigenvalue weighted by atomic mass is 79.9. The molecule has 0 aliphatic heterocycles.